The van der Waals surface area contributed by atoms with Gasteiger partial charge in [-0.3, -0.25) is 19.3 Å². The molecule has 24 heavy (non-hydrogen) atoms. The Balaban J connectivity index is 1.95. The predicted octanol–water partition coefficient (Wildman–Crippen LogP) is 1.81. The van der Waals surface area contributed by atoms with Crippen LogP contribution in [0.4, 0.5) is 13.2 Å². The molecule has 1 aromatic heterocycles. The van der Waals surface area contributed by atoms with Crippen LogP contribution in [0.1, 0.15) is 31.0 Å². The zero-order chi connectivity index (χ0) is 17.9. The molecule has 1 saturated heterocycles. The number of carbonyl (C=O) groups is 1. The van der Waals surface area contributed by atoms with E-state index in [-0.39, 0.29) is 24.7 Å². The Morgan fingerprint density at radius 3 is 2.54 bits per heavy atom. The second-order valence-electron chi connectivity index (χ2n) is 6.10. The van der Waals surface area contributed by atoms with Crippen molar-refractivity contribution in [1.29, 1.82) is 0 Å². The number of nitrogens with zero attached hydrogens (tertiary/aromatic N) is 4. The largest absolute Gasteiger partial charge is 0.480 e. The average molecular weight is 348 g/mol. The molecule has 0 unspecified atom stereocenters. The smallest absolute Gasteiger partial charge is 0.433 e. The molecule has 136 valence electrons. The number of hydrogen-bond donors (Lipinski definition) is 1. The van der Waals surface area contributed by atoms with Crippen molar-refractivity contribution in [2.75, 3.05) is 26.2 Å². The van der Waals surface area contributed by atoms with E-state index in [0.717, 1.165) is 17.5 Å². The number of carboxylic acid groups (broad SMARTS) is 1. The highest BCUT2D eigenvalue weighted by Gasteiger charge is 2.38. The summed E-state index contributed by atoms with van der Waals surface area (Å²) < 4.78 is 40.1. The summed E-state index contributed by atoms with van der Waals surface area (Å²) in [6.07, 6.45) is -1.64. The second kappa shape index (κ2) is 7.52. The van der Waals surface area contributed by atoms with Gasteiger partial charge in [0.05, 0.1) is 12.7 Å². The second-order valence-corrected chi connectivity index (χ2v) is 6.10. The van der Waals surface area contributed by atoms with E-state index in [1.807, 2.05) is 16.7 Å². The maximum Gasteiger partial charge on any atom is 0.433 e. The fourth-order valence-corrected chi connectivity index (χ4v) is 3.32. The van der Waals surface area contributed by atoms with Gasteiger partial charge in [0.15, 0.2) is 0 Å². The minimum Gasteiger partial charge on any atom is -0.480 e. The Morgan fingerprint density at radius 1 is 1.42 bits per heavy atom. The average Bonchev–Trinajstić information content (AvgIpc) is 2.86. The number of likely N-dealkylation sites (N-methyl/N-ethyl adjacent to an activating group) is 1. The summed E-state index contributed by atoms with van der Waals surface area (Å²) in [6, 6.07) is 0.165. The predicted molar refractivity (Wildman–Crippen MR) is 81.4 cm³/mol. The molecule has 6 nitrogen and oxygen atoms in total. The van der Waals surface area contributed by atoms with Crippen molar-refractivity contribution < 1.29 is 23.1 Å². The van der Waals surface area contributed by atoms with E-state index >= 15 is 0 Å². The van der Waals surface area contributed by atoms with Gasteiger partial charge in [0, 0.05) is 25.2 Å². The maximum atomic E-state index is 13.1. The van der Waals surface area contributed by atoms with Gasteiger partial charge in [0.25, 0.3) is 0 Å². The topological polar surface area (TPSA) is 61.6 Å². The standard InChI is InChI=1S/C15H23F3N4O2/c1-3-22(10-13(23)24)12-4-6-21(7-5-12)9-11-8-19-20(2)14(11)15(16,17)18/h8,12H,3-7,9-10H2,1-2H3,(H,23,24). The minimum atomic E-state index is -4.42. The van der Waals surface area contributed by atoms with Crippen molar-refractivity contribution in [3.05, 3.63) is 17.5 Å². The van der Waals surface area contributed by atoms with Gasteiger partial charge < -0.3 is 5.11 Å². The van der Waals surface area contributed by atoms with Crippen LogP contribution in [-0.4, -0.2) is 62.9 Å². The molecule has 0 bridgehead atoms. The van der Waals surface area contributed by atoms with E-state index in [9.17, 15) is 18.0 Å². The van der Waals surface area contributed by atoms with Crippen LogP contribution in [0.2, 0.25) is 0 Å². The monoisotopic (exact) mass is 348 g/mol. The first-order chi connectivity index (χ1) is 11.2. The van der Waals surface area contributed by atoms with Gasteiger partial charge in [0.1, 0.15) is 5.69 Å². The van der Waals surface area contributed by atoms with E-state index in [2.05, 4.69) is 5.10 Å². The van der Waals surface area contributed by atoms with Gasteiger partial charge in [0.2, 0.25) is 0 Å². The molecule has 1 fully saturated rings. The van der Waals surface area contributed by atoms with Crippen molar-refractivity contribution in [3.63, 3.8) is 0 Å². The van der Waals surface area contributed by atoms with Crippen molar-refractivity contribution in [3.8, 4) is 0 Å². The third kappa shape index (κ3) is 4.47. The first-order valence-electron chi connectivity index (χ1n) is 7.98. The van der Waals surface area contributed by atoms with Crippen LogP contribution in [0.3, 0.4) is 0 Å². The summed E-state index contributed by atoms with van der Waals surface area (Å²) in [4.78, 5) is 14.8. The zero-order valence-corrected chi connectivity index (χ0v) is 13.9. The molecule has 0 amide bonds. The zero-order valence-electron chi connectivity index (χ0n) is 13.9. The molecule has 0 aliphatic carbocycles. The number of carboxylic acids is 1. The molecule has 0 radical (unpaired) electrons. The van der Waals surface area contributed by atoms with Gasteiger partial charge in [-0.1, -0.05) is 6.92 Å². The number of hydrogen-bond acceptors (Lipinski definition) is 4. The van der Waals surface area contributed by atoms with Crippen molar-refractivity contribution >= 4 is 5.97 Å². The van der Waals surface area contributed by atoms with Crippen molar-refractivity contribution in [2.24, 2.45) is 7.05 Å². The van der Waals surface area contributed by atoms with Gasteiger partial charge in [-0.25, -0.2) is 0 Å². The molecular formula is C15H23F3N4O2. The molecular weight excluding hydrogens is 325 g/mol. The molecule has 1 aromatic rings. The Bertz CT molecular complexity index is 566. The molecule has 0 aromatic carbocycles. The first-order valence-corrected chi connectivity index (χ1v) is 7.98. The number of alkyl halides is 3. The van der Waals surface area contributed by atoms with Gasteiger partial charge in [-0.2, -0.15) is 18.3 Å². The Morgan fingerprint density at radius 2 is 2.04 bits per heavy atom. The maximum absolute atomic E-state index is 13.1. The molecule has 2 heterocycles. The number of halogens is 3. The van der Waals surface area contributed by atoms with Gasteiger partial charge >= 0.3 is 12.1 Å². The lowest BCUT2D eigenvalue weighted by Crippen LogP contribution is -2.46. The van der Waals surface area contributed by atoms with Crippen LogP contribution in [0.25, 0.3) is 0 Å². The molecule has 1 aliphatic heterocycles. The lowest BCUT2D eigenvalue weighted by Gasteiger charge is -2.37. The number of aromatic nitrogens is 2. The number of rotatable bonds is 6. The lowest BCUT2D eigenvalue weighted by atomic mass is 10.0. The number of likely N-dealkylation sites (tertiary alicyclic amines) is 1. The normalized spacial score (nSPS) is 17.6. The van der Waals surface area contributed by atoms with E-state index in [1.54, 1.807) is 0 Å². The third-order valence-electron chi connectivity index (χ3n) is 4.50. The Kier molecular flexibility index (Phi) is 5.87. The summed E-state index contributed by atoms with van der Waals surface area (Å²) in [5.74, 6) is -0.857. The molecule has 0 spiro atoms. The number of piperidine rings is 1. The van der Waals surface area contributed by atoms with Gasteiger partial charge in [-0.15, -0.1) is 0 Å². The van der Waals surface area contributed by atoms with Crippen LogP contribution in [0, 0.1) is 0 Å². The highest BCUT2D eigenvalue weighted by atomic mass is 19.4. The molecule has 1 aliphatic rings. The van der Waals surface area contributed by atoms with Crippen LogP contribution >= 0.6 is 0 Å². The molecule has 0 atom stereocenters. The number of aliphatic carboxylic acids is 1. The third-order valence-corrected chi connectivity index (χ3v) is 4.50. The van der Waals surface area contributed by atoms with E-state index in [4.69, 9.17) is 5.11 Å². The van der Waals surface area contributed by atoms with E-state index in [1.165, 1.54) is 13.2 Å². The van der Waals surface area contributed by atoms with Gasteiger partial charge in [-0.05, 0) is 32.5 Å². The van der Waals surface area contributed by atoms with Crippen molar-refractivity contribution in [1.82, 2.24) is 19.6 Å². The summed E-state index contributed by atoms with van der Waals surface area (Å²) in [6.45, 7) is 4.07. The van der Waals surface area contributed by atoms with Crippen LogP contribution < -0.4 is 0 Å². The summed E-state index contributed by atoms with van der Waals surface area (Å²) in [5, 5.41) is 12.7. The van der Waals surface area contributed by atoms with E-state index in [0.29, 0.717) is 19.6 Å². The molecule has 9 heteroatoms. The summed E-state index contributed by atoms with van der Waals surface area (Å²) in [7, 11) is 1.30. The minimum absolute atomic E-state index is 0.00198. The first kappa shape index (κ1) is 18.7. The Labute approximate surface area is 138 Å². The molecule has 0 saturated carbocycles. The lowest BCUT2D eigenvalue weighted by molar-refractivity contribution is -0.144. The van der Waals surface area contributed by atoms with E-state index < -0.39 is 17.8 Å². The SMILES string of the molecule is CCN(CC(=O)O)C1CCN(Cc2cnn(C)c2C(F)(F)F)CC1. The molecule has 1 N–H and O–H groups in total. The fourth-order valence-electron chi connectivity index (χ4n) is 3.32. The summed E-state index contributed by atoms with van der Waals surface area (Å²) in [5.41, 5.74) is -0.521. The quantitative estimate of drug-likeness (QED) is 0.850. The van der Waals surface area contributed by atoms with Crippen LogP contribution in [0.5, 0.6) is 0 Å². The van der Waals surface area contributed by atoms with Crippen LogP contribution in [0.15, 0.2) is 6.20 Å². The van der Waals surface area contributed by atoms with Crippen LogP contribution in [-0.2, 0) is 24.6 Å². The number of aryl methyl sites for hydroxylation is 1. The van der Waals surface area contributed by atoms with Crippen molar-refractivity contribution in [2.45, 2.75) is 38.5 Å². The summed E-state index contributed by atoms with van der Waals surface area (Å²) >= 11 is 0. The fraction of sp³-hybridized carbons (Fsp3) is 0.733. The molecule has 2 rings (SSSR count). The Hall–Kier alpha value is -1.61. The highest BCUT2D eigenvalue weighted by Crippen LogP contribution is 2.32. The highest BCUT2D eigenvalue weighted by molar-refractivity contribution is 5.69.